The zero-order valence-corrected chi connectivity index (χ0v) is 11.0. The van der Waals surface area contributed by atoms with Gasteiger partial charge in [0.25, 0.3) is 5.91 Å². The van der Waals surface area contributed by atoms with Gasteiger partial charge in [0.15, 0.2) is 0 Å². The highest BCUT2D eigenvalue weighted by Gasteiger charge is 2.08. The monoisotopic (exact) mass is 266 g/mol. The Hall–Kier alpha value is -1.91. The van der Waals surface area contributed by atoms with Gasteiger partial charge in [0, 0.05) is 12.1 Å². The van der Waals surface area contributed by atoms with E-state index in [-0.39, 0.29) is 18.0 Å². The van der Waals surface area contributed by atoms with E-state index < -0.39 is 11.7 Å². The summed E-state index contributed by atoms with van der Waals surface area (Å²) < 4.78 is 12.9. The molecule has 0 aliphatic heterocycles. The summed E-state index contributed by atoms with van der Waals surface area (Å²) in [5, 5.41) is 5.16. The Morgan fingerprint density at radius 2 is 2.00 bits per heavy atom. The van der Waals surface area contributed by atoms with Gasteiger partial charge < -0.3 is 10.6 Å². The molecule has 0 aromatic heterocycles. The van der Waals surface area contributed by atoms with Gasteiger partial charge in [0.2, 0.25) is 5.91 Å². The van der Waals surface area contributed by atoms with E-state index >= 15 is 0 Å². The molecular formula is C14H19FN2O2. The fraction of sp³-hybridized carbons (Fsp3) is 0.429. The molecule has 0 bridgehead atoms. The van der Waals surface area contributed by atoms with E-state index in [1.807, 2.05) is 0 Å². The quantitative estimate of drug-likeness (QED) is 0.740. The SMILES string of the molecule is CCCCCNC(=O)CNC(=O)c1cccc(F)c1. The average Bonchev–Trinajstić information content (AvgIpc) is 2.41. The van der Waals surface area contributed by atoms with Crippen molar-refractivity contribution in [2.24, 2.45) is 0 Å². The van der Waals surface area contributed by atoms with Crippen LogP contribution >= 0.6 is 0 Å². The highest BCUT2D eigenvalue weighted by atomic mass is 19.1. The standard InChI is InChI=1S/C14H19FN2O2/c1-2-3-4-8-16-13(18)10-17-14(19)11-6-5-7-12(15)9-11/h5-7,9H,2-4,8,10H2,1H3,(H,16,18)(H,17,19). The Kier molecular flexibility index (Phi) is 6.57. The van der Waals surface area contributed by atoms with E-state index in [0.29, 0.717) is 6.54 Å². The molecule has 1 aromatic carbocycles. The molecule has 0 saturated carbocycles. The molecule has 0 radical (unpaired) electrons. The molecule has 0 atom stereocenters. The van der Waals surface area contributed by atoms with E-state index in [0.717, 1.165) is 25.3 Å². The maximum atomic E-state index is 12.9. The van der Waals surface area contributed by atoms with Crippen LogP contribution in [0.3, 0.4) is 0 Å². The first kappa shape index (κ1) is 15.1. The second-order valence-corrected chi connectivity index (χ2v) is 4.25. The van der Waals surface area contributed by atoms with Gasteiger partial charge in [0.1, 0.15) is 5.82 Å². The molecule has 0 fully saturated rings. The third-order valence-electron chi connectivity index (χ3n) is 2.60. The summed E-state index contributed by atoms with van der Waals surface area (Å²) in [7, 11) is 0. The van der Waals surface area contributed by atoms with Crippen LogP contribution in [0.15, 0.2) is 24.3 Å². The van der Waals surface area contributed by atoms with E-state index in [1.165, 1.54) is 18.2 Å². The summed E-state index contributed by atoms with van der Waals surface area (Å²) >= 11 is 0. The number of rotatable bonds is 7. The molecule has 5 heteroatoms. The van der Waals surface area contributed by atoms with Gasteiger partial charge in [-0.3, -0.25) is 9.59 Å². The average molecular weight is 266 g/mol. The number of hydrogen-bond acceptors (Lipinski definition) is 2. The lowest BCUT2D eigenvalue weighted by Crippen LogP contribution is -2.37. The summed E-state index contributed by atoms with van der Waals surface area (Å²) in [6, 6.07) is 5.35. The van der Waals surface area contributed by atoms with Gasteiger partial charge in [-0.25, -0.2) is 4.39 Å². The molecule has 2 amide bonds. The predicted octanol–water partition coefficient (Wildman–Crippen LogP) is 1.86. The zero-order chi connectivity index (χ0) is 14.1. The molecule has 1 aromatic rings. The number of benzene rings is 1. The third-order valence-corrected chi connectivity index (χ3v) is 2.60. The van der Waals surface area contributed by atoms with Gasteiger partial charge in [0.05, 0.1) is 6.54 Å². The molecular weight excluding hydrogens is 247 g/mol. The number of carbonyl (C=O) groups is 2. The van der Waals surface area contributed by atoms with Crippen LogP contribution in [-0.4, -0.2) is 24.9 Å². The van der Waals surface area contributed by atoms with Crippen molar-refractivity contribution in [1.82, 2.24) is 10.6 Å². The van der Waals surface area contributed by atoms with Crippen molar-refractivity contribution in [3.05, 3.63) is 35.6 Å². The summed E-state index contributed by atoms with van der Waals surface area (Å²) in [5.41, 5.74) is 0.207. The summed E-state index contributed by atoms with van der Waals surface area (Å²) in [4.78, 5) is 23.0. The number of carbonyl (C=O) groups excluding carboxylic acids is 2. The Morgan fingerprint density at radius 1 is 1.21 bits per heavy atom. The first-order valence-electron chi connectivity index (χ1n) is 6.44. The molecule has 0 aliphatic rings. The lowest BCUT2D eigenvalue weighted by atomic mass is 10.2. The molecule has 0 saturated heterocycles. The van der Waals surface area contributed by atoms with Crippen LogP contribution in [-0.2, 0) is 4.79 Å². The second-order valence-electron chi connectivity index (χ2n) is 4.25. The number of amides is 2. The maximum absolute atomic E-state index is 12.9. The minimum absolute atomic E-state index is 0.0958. The number of hydrogen-bond donors (Lipinski definition) is 2. The van der Waals surface area contributed by atoms with Gasteiger partial charge in [-0.2, -0.15) is 0 Å². The number of unbranched alkanes of at least 4 members (excludes halogenated alkanes) is 2. The Morgan fingerprint density at radius 3 is 2.68 bits per heavy atom. The lowest BCUT2D eigenvalue weighted by Gasteiger charge is -2.06. The van der Waals surface area contributed by atoms with E-state index in [1.54, 1.807) is 0 Å². The first-order chi connectivity index (χ1) is 9.13. The van der Waals surface area contributed by atoms with Crippen LogP contribution in [0.4, 0.5) is 4.39 Å². The molecule has 0 aliphatic carbocycles. The van der Waals surface area contributed by atoms with Crippen molar-refractivity contribution >= 4 is 11.8 Å². The minimum Gasteiger partial charge on any atom is -0.355 e. The van der Waals surface area contributed by atoms with Gasteiger partial charge in [-0.05, 0) is 24.6 Å². The van der Waals surface area contributed by atoms with Crippen molar-refractivity contribution in [2.45, 2.75) is 26.2 Å². The van der Waals surface area contributed by atoms with Crippen molar-refractivity contribution in [1.29, 1.82) is 0 Å². The van der Waals surface area contributed by atoms with Crippen LogP contribution in [0, 0.1) is 5.82 Å². The minimum atomic E-state index is -0.475. The highest BCUT2D eigenvalue weighted by Crippen LogP contribution is 2.02. The third kappa shape index (κ3) is 5.99. The van der Waals surface area contributed by atoms with Crippen molar-refractivity contribution < 1.29 is 14.0 Å². The van der Waals surface area contributed by atoms with Crippen LogP contribution < -0.4 is 10.6 Å². The normalized spacial score (nSPS) is 10.0. The van der Waals surface area contributed by atoms with Crippen LogP contribution in [0.2, 0.25) is 0 Å². The Bertz CT molecular complexity index is 435. The second kappa shape index (κ2) is 8.24. The first-order valence-corrected chi connectivity index (χ1v) is 6.44. The highest BCUT2D eigenvalue weighted by molar-refractivity contribution is 5.96. The van der Waals surface area contributed by atoms with Gasteiger partial charge >= 0.3 is 0 Å². The molecule has 2 N–H and O–H groups in total. The van der Waals surface area contributed by atoms with Crippen LogP contribution in [0.1, 0.15) is 36.5 Å². The van der Waals surface area contributed by atoms with Crippen LogP contribution in [0.25, 0.3) is 0 Å². The van der Waals surface area contributed by atoms with Crippen LogP contribution in [0.5, 0.6) is 0 Å². The number of nitrogens with one attached hydrogen (secondary N) is 2. The smallest absolute Gasteiger partial charge is 0.251 e. The molecule has 104 valence electrons. The Balaban J connectivity index is 2.28. The topological polar surface area (TPSA) is 58.2 Å². The van der Waals surface area contributed by atoms with Crippen molar-refractivity contribution in [2.75, 3.05) is 13.1 Å². The van der Waals surface area contributed by atoms with Crippen molar-refractivity contribution in [3.8, 4) is 0 Å². The maximum Gasteiger partial charge on any atom is 0.251 e. The molecule has 4 nitrogen and oxygen atoms in total. The summed E-state index contributed by atoms with van der Waals surface area (Å²) in [6.45, 7) is 2.60. The van der Waals surface area contributed by atoms with Crippen molar-refractivity contribution in [3.63, 3.8) is 0 Å². The summed E-state index contributed by atoms with van der Waals surface area (Å²) in [5.74, 6) is -1.17. The fourth-order valence-corrected chi connectivity index (χ4v) is 1.56. The largest absolute Gasteiger partial charge is 0.355 e. The predicted molar refractivity (Wildman–Crippen MR) is 71.3 cm³/mol. The Labute approximate surface area is 112 Å². The summed E-state index contributed by atoms with van der Waals surface area (Å²) in [6.07, 6.45) is 3.09. The van der Waals surface area contributed by atoms with E-state index in [4.69, 9.17) is 0 Å². The number of halogens is 1. The molecule has 0 spiro atoms. The zero-order valence-electron chi connectivity index (χ0n) is 11.0. The van der Waals surface area contributed by atoms with Gasteiger partial charge in [-0.15, -0.1) is 0 Å². The lowest BCUT2D eigenvalue weighted by molar-refractivity contribution is -0.120. The van der Waals surface area contributed by atoms with E-state index in [2.05, 4.69) is 17.6 Å². The molecule has 0 heterocycles. The molecule has 1 rings (SSSR count). The van der Waals surface area contributed by atoms with E-state index in [9.17, 15) is 14.0 Å². The molecule has 0 unspecified atom stereocenters. The molecule has 19 heavy (non-hydrogen) atoms. The fourth-order valence-electron chi connectivity index (χ4n) is 1.56. The van der Waals surface area contributed by atoms with Gasteiger partial charge in [-0.1, -0.05) is 25.8 Å².